The number of aliphatic hydroxyl groups is 4. The van der Waals surface area contributed by atoms with Crippen LogP contribution in [-0.2, 0) is 16.0 Å². The topological polar surface area (TPSA) is 222 Å². The number of nitrogens with two attached hydrogens (primary N) is 1. The molecule has 0 saturated carbocycles. The lowest BCUT2D eigenvalue weighted by Gasteiger charge is -2.39. The second kappa shape index (κ2) is 15.3. The lowest BCUT2D eigenvalue weighted by molar-refractivity contribution is -0.278. The Hall–Kier alpha value is -3.43. The van der Waals surface area contributed by atoms with Crippen LogP contribution in [0.3, 0.4) is 0 Å². The molecular formula is C29H45N5O9. The monoisotopic (exact) mass is 607 g/mol. The average Bonchev–Trinajstić information content (AvgIpc) is 3.34. The number of amides is 3. The molecule has 0 unspecified atom stereocenters. The van der Waals surface area contributed by atoms with Gasteiger partial charge in [-0.3, -0.25) is 9.89 Å². The zero-order valence-corrected chi connectivity index (χ0v) is 25.2. The number of aromatic amines is 1. The number of aliphatic hydroxyl groups excluding tert-OH is 4. The van der Waals surface area contributed by atoms with Crippen molar-refractivity contribution < 1.29 is 44.2 Å². The molecule has 2 aromatic rings. The van der Waals surface area contributed by atoms with Crippen molar-refractivity contribution >= 4 is 11.9 Å². The standard InChI is InChI=1S/C29H45N5O9/c1-14(2)21-19(27(34-33-21)43-28-25(38)24(37)23(36)20(13-35)42-28)12-17-7-8-18(11-16(17)5)41-10-6-9-31-29(40)32-22(15(3)4)26(30)39/h7-8,11,14-15,20,22-25,28,35-38H,6,9-10,12-13H2,1-5H3,(H2,30,39)(H,33,34)(H2,31,32,40)/t20-,22+,23-,24+,25-,28+/m1/s1. The molecular weight excluding hydrogens is 562 g/mol. The van der Waals surface area contributed by atoms with Crippen LogP contribution in [0.5, 0.6) is 11.6 Å². The third-order valence-corrected chi connectivity index (χ3v) is 7.33. The van der Waals surface area contributed by atoms with Gasteiger partial charge in [0.05, 0.1) is 13.2 Å². The maximum absolute atomic E-state index is 12.0. The van der Waals surface area contributed by atoms with Crippen molar-refractivity contribution in [2.24, 2.45) is 11.7 Å². The van der Waals surface area contributed by atoms with Gasteiger partial charge in [-0.15, -0.1) is 5.10 Å². The summed E-state index contributed by atoms with van der Waals surface area (Å²) in [5.41, 5.74) is 8.82. The molecule has 6 atom stereocenters. The Bertz CT molecular complexity index is 1220. The summed E-state index contributed by atoms with van der Waals surface area (Å²) in [4.78, 5) is 23.5. The Morgan fingerprint density at radius 2 is 1.86 bits per heavy atom. The highest BCUT2D eigenvalue weighted by atomic mass is 16.7. The fraction of sp³-hybridized carbons (Fsp3) is 0.621. The van der Waals surface area contributed by atoms with Gasteiger partial charge in [-0.1, -0.05) is 33.8 Å². The van der Waals surface area contributed by atoms with Crippen molar-refractivity contribution in [1.82, 2.24) is 20.8 Å². The Kier molecular flexibility index (Phi) is 12.2. The number of ether oxygens (including phenoxy) is 3. The number of carbonyl (C=O) groups excluding carboxylic acids is 2. The molecule has 14 heteroatoms. The molecule has 1 aromatic heterocycles. The first-order chi connectivity index (χ1) is 20.3. The number of primary amides is 1. The minimum Gasteiger partial charge on any atom is -0.494 e. The molecule has 14 nitrogen and oxygen atoms in total. The first kappa shape index (κ1) is 34.1. The minimum atomic E-state index is -1.57. The Morgan fingerprint density at radius 1 is 1.14 bits per heavy atom. The molecule has 0 aliphatic carbocycles. The molecule has 1 saturated heterocycles. The molecule has 0 spiro atoms. The van der Waals surface area contributed by atoms with E-state index in [4.69, 9.17) is 19.9 Å². The van der Waals surface area contributed by atoms with Gasteiger partial charge >= 0.3 is 6.03 Å². The number of hydrogen-bond donors (Lipinski definition) is 8. The van der Waals surface area contributed by atoms with E-state index >= 15 is 0 Å². The van der Waals surface area contributed by atoms with E-state index < -0.39 is 55.3 Å². The number of nitrogens with one attached hydrogen (secondary N) is 3. The number of aromatic nitrogens is 2. The van der Waals surface area contributed by atoms with Gasteiger partial charge in [0.2, 0.25) is 18.1 Å². The largest absolute Gasteiger partial charge is 0.494 e. The summed E-state index contributed by atoms with van der Waals surface area (Å²) in [7, 11) is 0. The normalized spacial score (nSPS) is 22.8. The van der Waals surface area contributed by atoms with E-state index in [2.05, 4.69) is 20.8 Å². The Balaban J connectivity index is 1.60. The fourth-order valence-electron chi connectivity index (χ4n) is 4.75. The molecule has 1 aliphatic heterocycles. The van der Waals surface area contributed by atoms with E-state index in [0.29, 0.717) is 31.7 Å². The van der Waals surface area contributed by atoms with Gasteiger partial charge in [-0.05, 0) is 48.4 Å². The number of aryl methyl sites for hydroxylation is 1. The summed E-state index contributed by atoms with van der Waals surface area (Å²) in [6.07, 6.45) is -6.08. The number of H-pyrrole nitrogens is 1. The van der Waals surface area contributed by atoms with E-state index in [1.165, 1.54) is 0 Å². The summed E-state index contributed by atoms with van der Waals surface area (Å²) in [5.74, 6) is 0.205. The second-order valence-electron chi connectivity index (χ2n) is 11.4. The summed E-state index contributed by atoms with van der Waals surface area (Å²) < 4.78 is 17.2. The number of rotatable bonds is 14. The first-order valence-electron chi connectivity index (χ1n) is 14.4. The molecule has 1 aliphatic rings. The van der Waals surface area contributed by atoms with Crippen molar-refractivity contribution in [3.05, 3.63) is 40.6 Å². The summed E-state index contributed by atoms with van der Waals surface area (Å²) >= 11 is 0. The van der Waals surface area contributed by atoms with Crippen LogP contribution < -0.4 is 25.8 Å². The third-order valence-electron chi connectivity index (χ3n) is 7.33. The number of urea groups is 1. The average molecular weight is 608 g/mol. The second-order valence-corrected chi connectivity index (χ2v) is 11.4. The van der Waals surface area contributed by atoms with E-state index in [1.54, 1.807) is 13.8 Å². The van der Waals surface area contributed by atoms with Crippen LogP contribution in [0.1, 0.15) is 62.4 Å². The molecule has 1 aromatic carbocycles. The maximum atomic E-state index is 12.0. The van der Waals surface area contributed by atoms with E-state index in [1.807, 2.05) is 39.0 Å². The lowest BCUT2D eigenvalue weighted by atomic mass is 9.96. The maximum Gasteiger partial charge on any atom is 0.315 e. The van der Waals surface area contributed by atoms with Gasteiger partial charge in [0.25, 0.3) is 0 Å². The summed E-state index contributed by atoms with van der Waals surface area (Å²) in [6.45, 7) is 9.68. The van der Waals surface area contributed by atoms with Gasteiger partial charge in [0.1, 0.15) is 36.2 Å². The van der Waals surface area contributed by atoms with Crippen molar-refractivity contribution in [2.75, 3.05) is 19.8 Å². The van der Waals surface area contributed by atoms with E-state index in [0.717, 1.165) is 22.4 Å². The Labute approximate surface area is 250 Å². The summed E-state index contributed by atoms with van der Waals surface area (Å²) in [6, 6.07) is 4.47. The Morgan fingerprint density at radius 3 is 2.47 bits per heavy atom. The van der Waals surface area contributed by atoms with Crippen LogP contribution in [0.4, 0.5) is 4.79 Å². The quantitative estimate of drug-likeness (QED) is 0.136. The zero-order chi connectivity index (χ0) is 31.8. The molecule has 2 heterocycles. The number of hydrogen-bond acceptors (Lipinski definition) is 10. The van der Waals surface area contributed by atoms with Gasteiger partial charge in [0.15, 0.2) is 0 Å². The van der Waals surface area contributed by atoms with Crippen molar-refractivity contribution in [3.63, 3.8) is 0 Å². The van der Waals surface area contributed by atoms with Crippen molar-refractivity contribution in [1.29, 1.82) is 0 Å². The number of benzene rings is 1. The van der Waals surface area contributed by atoms with Gasteiger partial charge in [-0.25, -0.2) is 4.79 Å². The van der Waals surface area contributed by atoms with Crippen LogP contribution in [-0.4, -0.2) is 99.1 Å². The summed E-state index contributed by atoms with van der Waals surface area (Å²) in [5, 5.41) is 52.7. The number of carbonyl (C=O) groups is 2. The predicted molar refractivity (Wildman–Crippen MR) is 156 cm³/mol. The van der Waals surface area contributed by atoms with Crippen LogP contribution in [0.25, 0.3) is 0 Å². The molecule has 3 rings (SSSR count). The SMILES string of the molecule is Cc1cc(OCCCNC(=O)N[C@H](C(N)=O)C(C)C)ccc1Cc1c(O[C@@H]2O[C@H](CO)[C@@H](O)[C@H](O)[C@H]2O)n[nH]c1C(C)C. The van der Waals surface area contributed by atoms with Crippen molar-refractivity contribution in [3.8, 4) is 11.6 Å². The number of nitrogens with zero attached hydrogens (tertiary/aromatic N) is 1. The highest BCUT2D eigenvalue weighted by Gasteiger charge is 2.45. The van der Waals surface area contributed by atoms with Crippen LogP contribution in [0, 0.1) is 12.8 Å². The molecule has 9 N–H and O–H groups in total. The van der Waals surface area contributed by atoms with Crippen molar-refractivity contribution in [2.45, 2.75) is 90.1 Å². The van der Waals surface area contributed by atoms with E-state index in [-0.39, 0.29) is 17.7 Å². The molecule has 3 amide bonds. The van der Waals surface area contributed by atoms with Gasteiger partial charge in [0, 0.05) is 24.2 Å². The van der Waals surface area contributed by atoms with E-state index in [9.17, 15) is 30.0 Å². The van der Waals surface area contributed by atoms with Gasteiger partial charge in [-0.2, -0.15) is 0 Å². The first-order valence-corrected chi connectivity index (χ1v) is 14.4. The van der Waals surface area contributed by atoms with Gasteiger partial charge < -0.3 is 51.0 Å². The molecule has 0 bridgehead atoms. The van der Waals surface area contributed by atoms with Crippen LogP contribution in [0.2, 0.25) is 0 Å². The predicted octanol–water partition coefficient (Wildman–Crippen LogP) is 0.189. The molecule has 240 valence electrons. The third kappa shape index (κ3) is 8.80. The smallest absolute Gasteiger partial charge is 0.315 e. The molecule has 0 radical (unpaired) electrons. The zero-order valence-electron chi connectivity index (χ0n) is 25.2. The molecule has 43 heavy (non-hydrogen) atoms. The molecule has 1 fully saturated rings. The van der Waals surface area contributed by atoms with Crippen LogP contribution >= 0.6 is 0 Å². The fourth-order valence-corrected chi connectivity index (χ4v) is 4.75. The van der Waals surface area contributed by atoms with Crippen LogP contribution in [0.15, 0.2) is 18.2 Å². The minimum absolute atomic E-state index is 0.0697. The highest BCUT2D eigenvalue weighted by Crippen LogP contribution is 2.32. The highest BCUT2D eigenvalue weighted by molar-refractivity contribution is 5.86. The lowest BCUT2D eigenvalue weighted by Crippen LogP contribution is -2.60.